The van der Waals surface area contributed by atoms with Gasteiger partial charge in [0.1, 0.15) is 0 Å². The summed E-state index contributed by atoms with van der Waals surface area (Å²) in [7, 11) is 0. The molecule has 0 unspecified atom stereocenters. The average Bonchev–Trinajstić information content (AvgIpc) is 2.67. The van der Waals surface area contributed by atoms with Crippen LogP contribution in [0, 0.1) is 0 Å². The molecule has 3 nitrogen and oxygen atoms in total. The van der Waals surface area contributed by atoms with Crippen molar-refractivity contribution in [1.82, 2.24) is 0 Å². The third-order valence-electron chi connectivity index (χ3n) is 3.73. The molecule has 0 amide bonds. The minimum absolute atomic E-state index is 0.231. The van der Waals surface area contributed by atoms with Gasteiger partial charge >= 0.3 is 5.97 Å². The van der Waals surface area contributed by atoms with E-state index in [1.54, 1.807) is 36.4 Å². The minimum Gasteiger partial charge on any atom is -0.454 e. The van der Waals surface area contributed by atoms with Gasteiger partial charge in [-0.2, -0.15) is 0 Å². The van der Waals surface area contributed by atoms with Crippen LogP contribution in [0.3, 0.4) is 0 Å². The van der Waals surface area contributed by atoms with Gasteiger partial charge in [-0.25, -0.2) is 4.79 Å². The molecule has 0 bridgehead atoms. The zero-order valence-corrected chi connectivity index (χ0v) is 14.9. The maximum absolute atomic E-state index is 12.2. The summed E-state index contributed by atoms with van der Waals surface area (Å²) in [5, 5.41) is 0. The summed E-state index contributed by atoms with van der Waals surface area (Å²) in [6.45, 7) is -0.278. The first kappa shape index (κ1) is 17.1. The fourth-order valence-electron chi connectivity index (χ4n) is 2.36. The van der Waals surface area contributed by atoms with E-state index in [1.165, 1.54) is 0 Å². The molecule has 0 aromatic heterocycles. The second-order valence-electron chi connectivity index (χ2n) is 5.45. The molecule has 0 saturated carbocycles. The Labute approximate surface area is 154 Å². The third kappa shape index (κ3) is 4.43. The van der Waals surface area contributed by atoms with E-state index in [2.05, 4.69) is 15.9 Å². The summed E-state index contributed by atoms with van der Waals surface area (Å²) in [6, 6.07) is 24.0. The van der Waals surface area contributed by atoms with Crippen molar-refractivity contribution in [3.05, 3.63) is 94.5 Å². The molecule has 0 saturated heterocycles. The number of rotatable bonds is 5. The van der Waals surface area contributed by atoms with Crippen molar-refractivity contribution in [2.24, 2.45) is 0 Å². The Morgan fingerprint density at radius 2 is 1.28 bits per heavy atom. The van der Waals surface area contributed by atoms with Gasteiger partial charge in [0.2, 0.25) is 0 Å². The number of ketones is 1. The summed E-state index contributed by atoms with van der Waals surface area (Å²) < 4.78 is 5.97. The second kappa shape index (κ2) is 7.90. The van der Waals surface area contributed by atoms with Gasteiger partial charge in [0.15, 0.2) is 12.4 Å². The van der Waals surface area contributed by atoms with Crippen molar-refractivity contribution < 1.29 is 14.3 Å². The molecule has 0 atom stereocenters. The standard InChI is InChI=1S/C21H15BrO3/c22-19-12-10-18(11-13-19)21(24)25-14-20(23)17-8-6-16(7-9-17)15-4-2-1-3-5-15/h1-13H,14H2. The number of hydrogen-bond acceptors (Lipinski definition) is 3. The van der Waals surface area contributed by atoms with Crippen LogP contribution in [-0.4, -0.2) is 18.4 Å². The summed E-state index contributed by atoms with van der Waals surface area (Å²) in [4.78, 5) is 24.1. The van der Waals surface area contributed by atoms with Crippen LogP contribution in [0.2, 0.25) is 0 Å². The molecule has 0 fully saturated rings. The summed E-state index contributed by atoms with van der Waals surface area (Å²) in [5.41, 5.74) is 3.05. The maximum atomic E-state index is 12.2. The predicted molar refractivity (Wildman–Crippen MR) is 101 cm³/mol. The largest absolute Gasteiger partial charge is 0.454 e. The monoisotopic (exact) mass is 394 g/mol. The highest BCUT2D eigenvalue weighted by molar-refractivity contribution is 9.10. The lowest BCUT2D eigenvalue weighted by Crippen LogP contribution is -2.14. The van der Waals surface area contributed by atoms with E-state index >= 15 is 0 Å². The molecule has 3 aromatic carbocycles. The number of esters is 1. The van der Waals surface area contributed by atoms with Gasteiger partial charge in [0.25, 0.3) is 0 Å². The Morgan fingerprint density at radius 1 is 0.720 bits per heavy atom. The number of halogens is 1. The van der Waals surface area contributed by atoms with Crippen LogP contribution < -0.4 is 0 Å². The van der Waals surface area contributed by atoms with E-state index in [1.807, 2.05) is 42.5 Å². The lowest BCUT2D eigenvalue weighted by atomic mass is 10.0. The molecule has 0 aliphatic rings. The molecule has 0 heterocycles. The van der Waals surface area contributed by atoms with Crippen LogP contribution in [0.1, 0.15) is 20.7 Å². The topological polar surface area (TPSA) is 43.4 Å². The van der Waals surface area contributed by atoms with Gasteiger partial charge in [0, 0.05) is 10.0 Å². The third-order valence-corrected chi connectivity index (χ3v) is 4.26. The van der Waals surface area contributed by atoms with Gasteiger partial charge in [0.05, 0.1) is 5.56 Å². The molecule has 124 valence electrons. The second-order valence-corrected chi connectivity index (χ2v) is 6.37. The summed E-state index contributed by atoms with van der Waals surface area (Å²) in [5.74, 6) is -0.744. The zero-order valence-electron chi connectivity index (χ0n) is 13.3. The number of benzene rings is 3. The molecule has 0 aliphatic carbocycles. The van der Waals surface area contributed by atoms with E-state index in [0.29, 0.717) is 11.1 Å². The Kier molecular flexibility index (Phi) is 5.41. The van der Waals surface area contributed by atoms with Crippen LogP contribution in [0.25, 0.3) is 11.1 Å². The van der Waals surface area contributed by atoms with Crippen molar-refractivity contribution >= 4 is 27.7 Å². The first-order valence-corrected chi connectivity index (χ1v) is 8.54. The average molecular weight is 395 g/mol. The number of hydrogen-bond donors (Lipinski definition) is 0. The first-order chi connectivity index (χ1) is 12.1. The maximum Gasteiger partial charge on any atom is 0.338 e. The summed E-state index contributed by atoms with van der Waals surface area (Å²) in [6.07, 6.45) is 0. The van der Waals surface area contributed by atoms with E-state index in [4.69, 9.17) is 4.74 Å². The lowest BCUT2D eigenvalue weighted by Gasteiger charge is -2.06. The molecule has 25 heavy (non-hydrogen) atoms. The van der Waals surface area contributed by atoms with E-state index < -0.39 is 5.97 Å². The van der Waals surface area contributed by atoms with Crippen LogP contribution in [0.4, 0.5) is 0 Å². The number of Topliss-reactive ketones (excluding diaryl/α,β-unsaturated/α-hetero) is 1. The zero-order chi connectivity index (χ0) is 17.6. The Bertz CT molecular complexity index is 869. The molecular weight excluding hydrogens is 380 g/mol. The fourth-order valence-corrected chi connectivity index (χ4v) is 2.63. The Hall–Kier alpha value is -2.72. The molecule has 0 radical (unpaired) electrons. The van der Waals surface area contributed by atoms with Gasteiger partial charge in [-0.1, -0.05) is 70.5 Å². The van der Waals surface area contributed by atoms with Gasteiger partial charge in [-0.05, 0) is 35.4 Å². The minimum atomic E-state index is -0.512. The Balaban J connectivity index is 1.61. The summed E-state index contributed by atoms with van der Waals surface area (Å²) >= 11 is 3.30. The molecule has 0 aliphatic heterocycles. The van der Waals surface area contributed by atoms with E-state index in [0.717, 1.165) is 15.6 Å². The van der Waals surface area contributed by atoms with Crippen molar-refractivity contribution in [3.63, 3.8) is 0 Å². The predicted octanol–water partition coefficient (Wildman–Crippen LogP) is 5.16. The van der Waals surface area contributed by atoms with Crippen molar-refractivity contribution in [1.29, 1.82) is 0 Å². The van der Waals surface area contributed by atoms with Gasteiger partial charge in [-0.15, -0.1) is 0 Å². The number of carbonyl (C=O) groups excluding carboxylic acids is 2. The quantitative estimate of drug-likeness (QED) is 0.443. The highest BCUT2D eigenvalue weighted by atomic mass is 79.9. The Morgan fingerprint density at radius 3 is 1.92 bits per heavy atom. The molecule has 0 N–H and O–H groups in total. The van der Waals surface area contributed by atoms with Crippen LogP contribution in [0.15, 0.2) is 83.3 Å². The molecule has 0 spiro atoms. The van der Waals surface area contributed by atoms with E-state index in [-0.39, 0.29) is 12.4 Å². The van der Waals surface area contributed by atoms with Crippen molar-refractivity contribution in [2.75, 3.05) is 6.61 Å². The normalized spacial score (nSPS) is 10.3. The smallest absolute Gasteiger partial charge is 0.338 e. The van der Waals surface area contributed by atoms with E-state index in [9.17, 15) is 9.59 Å². The van der Waals surface area contributed by atoms with Crippen LogP contribution in [-0.2, 0) is 4.74 Å². The van der Waals surface area contributed by atoms with Crippen LogP contribution >= 0.6 is 15.9 Å². The molecule has 3 rings (SSSR count). The SMILES string of the molecule is O=C(COC(=O)c1ccc(Br)cc1)c1ccc(-c2ccccc2)cc1. The lowest BCUT2D eigenvalue weighted by molar-refractivity contribution is 0.0475. The van der Waals surface area contributed by atoms with Crippen molar-refractivity contribution in [2.45, 2.75) is 0 Å². The fraction of sp³-hybridized carbons (Fsp3) is 0.0476. The highest BCUT2D eigenvalue weighted by Gasteiger charge is 2.12. The highest BCUT2D eigenvalue weighted by Crippen LogP contribution is 2.19. The molecular formula is C21H15BrO3. The number of carbonyl (C=O) groups is 2. The van der Waals surface area contributed by atoms with Crippen LogP contribution in [0.5, 0.6) is 0 Å². The van der Waals surface area contributed by atoms with Gasteiger partial charge < -0.3 is 4.74 Å². The first-order valence-electron chi connectivity index (χ1n) is 7.75. The molecule has 3 aromatic rings. The number of ether oxygens (including phenoxy) is 1. The van der Waals surface area contributed by atoms with Gasteiger partial charge in [-0.3, -0.25) is 4.79 Å². The molecule has 4 heteroatoms. The van der Waals surface area contributed by atoms with Crippen molar-refractivity contribution in [3.8, 4) is 11.1 Å².